The van der Waals surface area contributed by atoms with Gasteiger partial charge in [0, 0.05) is 17.1 Å². The zero-order valence-corrected chi connectivity index (χ0v) is 14.0. The summed E-state index contributed by atoms with van der Waals surface area (Å²) in [5.41, 5.74) is 1.90. The summed E-state index contributed by atoms with van der Waals surface area (Å²) >= 11 is 3.37. The number of rotatable bonds is 6. The second kappa shape index (κ2) is 8.75. The average molecular weight is 339 g/mol. The van der Waals surface area contributed by atoms with E-state index in [4.69, 9.17) is 14.3 Å². The molecule has 1 aliphatic heterocycles. The quantitative estimate of drug-likeness (QED) is 0.343. The molecule has 2 rings (SSSR count). The molecule has 0 saturated carbocycles. The van der Waals surface area contributed by atoms with Gasteiger partial charge in [-0.15, -0.1) is 0 Å². The van der Waals surface area contributed by atoms with Crippen molar-refractivity contribution in [3.8, 4) is 0 Å². The molecule has 1 aromatic rings. The third kappa shape index (κ3) is 4.45. The molecule has 1 fully saturated rings. The van der Waals surface area contributed by atoms with Crippen LogP contribution in [0.4, 0.5) is 0 Å². The number of ether oxygens (including phenoxy) is 2. The van der Waals surface area contributed by atoms with Crippen LogP contribution in [0.5, 0.6) is 0 Å². The molecule has 1 aromatic carbocycles. The molecular formula is C15H17NO4S2. The van der Waals surface area contributed by atoms with Gasteiger partial charge in [-0.25, -0.2) is 4.79 Å². The van der Waals surface area contributed by atoms with Gasteiger partial charge in [-0.1, -0.05) is 52.9 Å². The first kappa shape index (κ1) is 16.8. The van der Waals surface area contributed by atoms with Crippen molar-refractivity contribution >= 4 is 39.4 Å². The average Bonchev–Trinajstić information content (AvgIpc) is 3.06. The summed E-state index contributed by atoms with van der Waals surface area (Å²) in [6.07, 6.45) is 1.37. The Morgan fingerprint density at radius 3 is 2.68 bits per heavy atom. The Balaban J connectivity index is 2.16. The maximum Gasteiger partial charge on any atom is 0.341 e. The first-order valence-corrected chi connectivity index (χ1v) is 8.58. The number of hydrogen-bond acceptors (Lipinski definition) is 7. The molecular weight excluding hydrogens is 322 g/mol. The second-order valence-electron chi connectivity index (χ2n) is 4.24. The van der Waals surface area contributed by atoms with Crippen LogP contribution in [-0.4, -0.2) is 36.1 Å². The lowest BCUT2D eigenvalue weighted by Crippen LogP contribution is -2.07. The number of benzene rings is 1. The van der Waals surface area contributed by atoms with Crippen LogP contribution in [0, 0.1) is 0 Å². The van der Waals surface area contributed by atoms with Crippen molar-refractivity contribution < 1.29 is 19.1 Å². The first-order chi connectivity index (χ1) is 10.8. The standard InChI is InChI=1S/C15H17NO4S2/c1-18-10-13(14(17)19-2)12-6-4-3-5-11(12)9-20-16-15-21-7-8-22-15/h3-6,10H,7-9H2,1-2H3/b13-10-. The van der Waals surface area contributed by atoms with Gasteiger partial charge in [0.2, 0.25) is 0 Å². The van der Waals surface area contributed by atoms with Crippen LogP contribution in [0.25, 0.3) is 5.57 Å². The van der Waals surface area contributed by atoms with E-state index >= 15 is 0 Å². The van der Waals surface area contributed by atoms with E-state index in [1.807, 2.05) is 24.3 Å². The lowest BCUT2D eigenvalue weighted by molar-refractivity contribution is -0.133. The third-order valence-electron chi connectivity index (χ3n) is 2.84. The van der Waals surface area contributed by atoms with Crippen molar-refractivity contribution in [3.63, 3.8) is 0 Å². The maximum atomic E-state index is 11.9. The van der Waals surface area contributed by atoms with Crippen molar-refractivity contribution in [3.05, 3.63) is 41.7 Å². The Hall–Kier alpha value is -1.60. The molecule has 1 saturated heterocycles. The van der Waals surface area contributed by atoms with E-state index in [0.717, 1.165) is 21.4 Å². The fourth-order valence-corrected chi connectivity index (χ4v) is 3.93. The van der Waals surface area contributed by atoms with Gasteiger partial charge < -0.3 is 14.3 Å². The van der Waals surface area contributed by atoms with Crippen LogP contribution in [-0.2, 0) is 25.7 Å². The van der Waals surface area contributed by atoms with Crippen LogP contribution in [0.3, 0.4) is 0 Å². The molecule has 0 aliphatic carbocycles. The third-order valence-corrected chi connectivity index (χ3v) is 5.27. The number of hydrogen-bond donors (Lipinski definition) is 0. The highest BCUT2D eigenvalue weighted by Gasteiger charge is 2.17. The first-order valence-electron chi connectivity index (χ1n) is 6.61. The van der Waals surface area contributed by atoms with Crippen LogP contribution in [0.1, 0.15) is 11.1 Å². The number of thioether (sulfide) groups is 2. The van der Waals surface area contributed by atoms with E-state index in [-0.39, 0.29) is 6.61 Å². The summed E-state index contributed by atoms with van der Waals surface area (Å²) in [5.74, 6) is 1.67. The van der Waals surface area contributed by atoms with Gasteiger partial charge in [-0.2, -0.15) is 0 Å². The molecule has 1 heterocycles. The van der Waals surface area contributed by atoms with Crippen LogP contribution in [0.15, 0.2) is 35.7 Å². The van der Waals surface area contributed by atoms with Gasteiger partial charge in [-0.3, -0.25) is 0 Å². The van der Waals surface area contributed by atoms with E-state index in [1.165, 1.54) is 20.5 Å². The number of methoxy groups -OCH3 is 2. The van der Waals surface area contributed by atoms with Gasteiger partial charge in [-0.05, 0) is 5.56 Å². The second-order valence-corrected chi connectivity index (χ2v) is 6.67. The van der Waals surface area contributed by atoms with Gasteiger partial charge in [0.15, 0.2) is 4.38 Å². The normalized spacial score (nSPS) is 14.6. The lowest BCUT2D eigenvalue weighted by Gasteiger charge is -2.10. The summed E-state index contributed by atoms with van der Waals surface area (Å²) in [5, 5.41) is 4.11. The number of carbonyl (C=O) groups excluding carboxylic acids is 1. The molecule has 0 spiro atoms. The largest absolute Gasteiger partial charge is 0.503 e. The highest BCUT2D eigenvalue weighted by Crippen LogP contribution is 2.26. The van der Waals surface area contributed by atoms with Gasteiger partial charge >= 0.3 is 5.97 Å². The molecule has 22 heavy (non-hydrogen) atoms. The minimum Gasteiger partial charge on any atom is -0.503 e. The van der Waals surface area contributed by atoms with E-state index < -0.39 is 5.97 Å². The van der Waals surface area contributed by atoms with Crippen molar-refractivity contribution in [2.45, 2.75) is 6.61 Å². The predicted molar refractivity (Wildman–Crippen MR) is 90.6 cm³/mol. The Labute approximate surface area is 138 Å². The molecule has 0 amide bonds. The smallest absolute Gasteiger partial charge is 0.341 e. The number of oxime groups is 1. The van der Waals surface area contributed by atoms with Gasteiger partial charge in [0.1, 0.15) is 12.2 Å². The Kier molecular flexibility index (Phi) is 6.67. The molecule has 0 atom stereocenters. The van der Waals surface area contributed by atoms with E-state index in [2.05, 4.69) is 5.16 Å². The predicted octanol–water partition coefficient (Wildman–Crippen LogP) is 3.11. The number of carbonyl (C=O) groups is 1. The molecule has 1 aliphatic rings. The fourth-order valence-electron chi connectivity index (χ4n) is 1.87. The zero-order valence-electron chi connectivity index (χ0n) is 12.4. The monoisotopic (exact) mass is 339 g/mol. The van der Waals surface area contributed by atoms with E-state index in [1.54, 1.807) is 23.5 Å². The van der Waals surface area contributed by atoms with E-state index in [9.17, 15) is 4.79 Å². The molecule has 0 bridgehead atoms. The van der Waals surface area contributed by atoms with Crippen LogP contribution >= 0.6 is 23.5 Å². The maximum absolute atomic E-state index is 11.9. The highest BCUT2D eigenvalue weighted by atomic mass is 32.2. The summed E-state index contributed by atoms with van der Waals surface area (Å²) in [6.45, 7) is 0.277. The SMILES string of the molecule is CO/C=C(\C(=O)OC)c1ccccc1CON=C1SCCS1. The topological polar surface area (TPSA) is 57.1 Å². The Morgan fingerprint density at radius 1 is 1.27 bits per heavy atom. The summed E-state index contributed by atoms with van der Waals surface area (Å²) < 4.78 is 10.7. The van der Waals surface area contributed by atoms with Gasteiger partial charge in [0.05, 0.1) is 20.5 Å². The van der Waals surface area contributed by atoms with E-state index in [0.29, 0.717) is 11.1 Å². The zero-order chi connectivity index (χ0) is 15.8. The number of esters is 1. The molecule has 0 N–H and O–H groups in total. The summed E-state index contributed by atoms with van der Waals surface area (Å²) in [6, 6.07) is 7.44. The minimum atomic E-state index is -0.456. The molecule has 118 valence electrons. The van der Waals surface area contributed by atoms with Crippen LogP contribution in [0.2, 0.25) is 0 Å². The van der Waals surface area contributed by atoms with Gasteiger partial charge in [0.25, 0.3) is 0 Å². The Morgan fingerprint density at radius 2 is 2.00 bits per heavy atom. The molecule has 0 unspecified atom stereocenters. The van der Waals surface area contributed by atoms with Crippen LogP contribution < -0.4 is 0 Å². The number of nitrogens with zero attached hydrogens (tertiary/aromatic N) is 1. The van der Waals surface area contributed by atoms with Crippen molar-refractivity contribution in [2.24, 2.45) is 5.16 Å². The van der Waals surface area contributed by atoms with Crippen molar-refractivity contribution in [1.29, 1.82) is 0 Å². The van der Waals surface area contributed by atoms with Crippen molar-refractivity contribution in [1.82, 2.24) is 0 Å². The lowest BCUT2D eigenvalue weighted by atomic mass is 10.0. The highest BCUT2D eigenvalue weighted by molar-refractivity contribution is 8.41. The molecule has 5 nitrogen and oxygen atoms in total. The molecule has 7 heteroatoms. The summed E-state index contributed by atoms with van der Waals surface area (Å²) in [7, 11) is 2.83. The minimum absolute atomic E-state index is 0.277. The molecule has 0 aromatic heterocycles. The van der Waals surface area contributed by atoms with Crippen molar-refractivity contribution in [2.75, 3.05) is 25.7 Å². The summed E-state index contributed by atoms with van der Waals surface area (Å²) in [4.78, 5) is 17.3. The fraction of sp³-hybridized carbons (Fsp3) is 0.333. The Bertz CT molecular complexity index is 579. The molecule has 0 radical (unpaired) electrons.